The van der Waals surface area contributed by atoms with Gasteiger partial charge in [-0.3, -0.25) is 19.2 Å². The highest BCUT2D eigenvalue weighted by Gasteiger charge is 2.77. The number of ether oxygens (including phenoxy) is 5. The van der Waals surface area contributed by atoms with E-state index in [9.17, 15) is 39.3 Å². The Bertz CT molecular complexity index is 2230. The summed E-state index contributed by atoms with van der Waals surface area (Å²) in [7, 11) is 0. The van der Waals surface area contributed by atoms with Crippen molar-refractivity contribution in [1.29, 1.82) is 0 Å². The Morgan fingerprint density at radius 2 is 1.44 bits per heavy atom. The van der Waals surface area contributed by atoms with E-state index in [-0.39, 0.29) is 35.3 Å². The lowest BCUT2D eigenvalue weighted by molar-refractivity contribution is -0.343. The number of hydrogen-bond donors (Lipinski definition) is 4. The molecule has 15 heteroatoms. The molecule has 0 aromatic heterocycles. The van der Waals surface area contributed by atoms with Crippen LogP contribution in [0.1, 0.15) is 79.8 Å². The molecule has 3 fully saturated rings. The molecule has 4 aliphatic rings. The number of rotatable bonds is 10. The van der Waals surface area contributed by atoms with E-state index >= 15 is 4.79 Å². The van der Waals surface area contributed by atoms with E-state index in [1.807, 2.05) is 0 Å². The van der Waals surface area contributed by atoms with Gasteiger partial charge >= 0.3 is 23.9 Å². The van der Waals surface area contributed by atoms with Gasteiger partial charge in [-0.1, -0.05) is 73.7 Å². The van der Waals surface area contributed by atoms with Crippen LogP contribution in [0.5, 0.6) is 0 Å². The van der Waals surface area contributed by atoms with E-state index in [0.717, 1.165) is 13.8 Å². The summed E-state index contributed by atoms with van der Waals surface area (Å²) in [5, 5.41) is 39.9. The van der Waals surface area contributed by atoms with Crippen molar-refractivity contribution in [3.05, 3.63) is 119 Å². The molecule has 61 heavy (non-hydrogen) atoms. The number of carbonyl (C=O) groups excluding carboxylic acids is 6. The lowest BCUT2D eigenvalue weighted by Crippen LogP contribution is -2.81. The highest BCUT2D eigenvalue weighted by molar-refractivity contribution is 5.96. The van der Waals surface area contributed by atoms with E-state index in [1.165, 1.54) is 26.0 Å². The van der Waals surface area contributed by atoms with Crippen LogP contribution in [-0.2, 0) is 42.9 Å². The summed E-state index contributed by atoms with van der Waals surface area (Å²) in [5.41, 5.74) is -5.21. The van der Waals surface area contributed by atoms with Crippen LogP contribution >= 0.6 is 0 Å². The molecule has 4 N–H and O–H groups in total. The van der Waals surface area contributed by atoms with E-state index in [2.05, 4.69) is 5.32 Å². The molecule has 12 atom stereocenters. The molecular weight excluding hydrogens is 790 g/mol. The number of ketones is 1. The second kappa shape index (κ2) is 16.6. The third-order valence-corrected chi connectivity index (χ3v) is 13.0. The number of esters is 4. The van der Waals surface area contributed by atoms with E-state index in [4.69, 9.17) is 23.7 Å². The van der Waals surface area contributed by atoms with Gasteiger partial charge in [-0.15, -0.1) is 0 Å². The second-order valence-corrected chi connectivity index (χ2v) is 16.6. The fraction of sp³-hybridized carbons (Fsp3) is 0.435. The second-order valence-electron chi connectivity index (χ2n) is 16.6. The van der Waals surface area contributed by atoms with Crippen LogP contribution < -0.4 is 5.32 Å². The summed E-state index contributed by atoms with van der Waals surface area (Å²) in [6, 6.07) is 22.9. The van der Waals surface area contributed by atoms with Crippen LogP contribution in [0.4, 0.5) is 0 Å². The molecule has 2 saturated carbocycles. The number of nitrogens with one attached hydrogen (secondary N) is 1. The van der Waals surface area contributed by atoms with Gasteiger partial charge in [-0.2, -0.15) is 0 Å². The van der Waals surface area contributed by atoms with Crippen molar-refractivity contribution in [3.63, 3.8) is 0 Å². The lowest BCUT2D eigenvalue weighted by Gasteiger charge is -2.66. The summed E-state index contributed by atoms with van der Waals surface area (Å²) in [4.78, 5) is 82.9. The predicted molar refractivity (Wildman–Crippen MR) is 213 cm³/mol. The number of Topliss-reactive ketones (excluding diaryl/α,β-unsaturated/α-hetero) is 1. The van der Waals surface area contributed by atoms with Crippen molar-refractivity contribution in [3.8, 4) is 0 Å². The summed E-state index contributed by atoms with van der Waals surface area (Å²) in [5.74, 6) is -7.98. The molecule has 3 aromatic carbocycles. The Morgan fingerprint density at radius 1 is 0.852 bits per heavy atom. The zero-order chi connectivity index (χ0) is 44.0. The standard InChI is InChI=1S/C46H49NO14/c1-24-31(59-43(55)36(51)35(28-15-9-6-10-16-28)47-41(53)29-17-11-7-12-18-29)22-45(56)25(2)34(24)37(58-26(3)48)39(52)44(5)32(50)21-33-46(23-57-33,61-27(4)49)38(44)40(45)60-42(54)30-19-13-8-14-20-30/h6-20,25,31-33,35-38,40,50-51,56H,21-23H2,1-5H3,(H,47,53)/t25-,31-,32-,33+,35-,36+,37+,38-,40-,44+,45-,46-/m0/s1. The first kappa shape index (κ1) is 43.4. The molecule has 7 rings (SSSR count). The SMILES string of the molecule is CC(=O)O[C@H]1C(=O)[C@@]2(C)[C@H]([C@H](OC(=O)c3ccccc3)[C@]3(O)C[C@H](OC(=O)[C@H](O)[C@@H](NC(=O)c4ccccc4)c4ccccc4)C(C)=C1[C@@H]3C)[C@]1(OC(C)=O)CO[C@@H]1C[C@@H]2O. The highest BCUT2D eigenvalue weighted by atomic mass is 16.6. The van der Waals surface area contributed by atoms with E-state index < -0.39 is 113 Å². The maximum atomic E-state index is 15.3. The monoisotopic (exact) mass is 839 g/mol. The molecule has 1 heterocycles. The van der Waals surface area contributed by atoms with Gasteiger partial charge in [0.15, 0.2) is 23.6 Å². The first-order valence-electron chi connectivity index (χ1n) is 20.1. The minimum absolute atomic E-state index is 0.0133. The van der Waals surface area contributed by atoms with Crippen LogP contribution in [0.25, 0.3) is 0 Å². The molecule has 0 unspecified atom stereocenters. The Hall–Kier alpha value is -5.74. The van der Waals surface area contributed by atoms with E-state index in [0.29, 0.717) is 5.56 Å². The third-order valence-electron chi connectivity index (χ3n) is 13.0. The Kier molecular flexibility index (Phi) is 11.8. The highest BCUT2D eigenvalue weighted by Crippen LogP contribution is 2.62. The Labute approximate surface area is 352 Å². The molecule has 2 bridgehead atoms. The van der Waals surface area contributed by atoms with Crippen LogP contribution in [0.15, 0.2) is 102 Å². The average Bonchev–Trinajstić information content (AvgIpc) is 3.24. The van der Waals surface area contributed by atoms with Gasteiger partial charge in [-0.25, -0.2) is 9.59 Å². The minimum atomic E-state index is -2.33. The molecule has 1 amide bonds. The fourth-order valence-corrected chi connectivity index (χ4v) is 9.84. The van der Waals surface area contributed by atoms with Crippen molar-refractivity contribution in [2.45, 2.75) is 101 Å². The smallest absolute Gasteiger partial charge is 0.338 e. The molecule has 3 aromatic rings. The number of hydrogen-bond acceptors (Lipinski definition) is 14. The topological polar surface area (TPSA) is 221 Å². The van der Waals surface area contributed by atoms with Crippen LogP contribution in [0, 0.1) is 17.3 Å². The Morgan fingerprint density at radius 3 is 2.00 bits per heavy atom. The lowest BCUT2D eigenvalue weighted by atomic mass is 9.47. The normalized spacial score (nSPS) is 32.5. The quantitative estimate of drug-likeness (QED) is 0.131. The minimum Gasteiger partial charge on any atom is -0.456 e. The van der Waals surface area contributed by atoms with Gasteiger partial charge in [0.1, 0.15) is 23.9 Å². The van der Waals surface area contributed by atoms with Crippen LogP contribution in [0.3, 0.4) is 0 Å². The molecule has 1 aliphatic heterocycles. The number of benzene rings is 3. The number of fused-ring (bicyclic) bond motifs is 5. The van der Waals surface area contributed by atoms with Gasteiger partial charge in [-0.05, 0) is 54.8 Å². The molecule has 0 radical (unpaired) electrons. The predicted octanol–water partition coefficient (Wildman–Crippen LogP) is 3.35. The summed E-state index contributed by atoms with van der Waals surface area (Å²) >= 11 is 0. The Balaban J connectivity index is 1.36. The van der Waals surface area contributed by atoms with Crippen LogP contribution in [0.2, 0.25) is 0 Å². The maximum absolute atomic E-state index is 15.3. The molecular formula is C46H49NO14. The zero-order valence-corrected chi connectivity index (χ0v) is 34.3. The summed E-state index contributed by atoms with van der Waals surface area (Å²) < 4.78 is 30.0. The van der Waals surface area contributed by atoms with Crippen molar-refractivity contribution in [2.24, 2.45) is 17.3 Å². The number of carbonyl (C=O) groups is 6. The van der Waals surface area contributed by atoms with Crippen molar-refractivity contribution >= 4 is 35.6 Å². The summed E-state index contributed by atoms with van der Waals surface area (Å²) in [6.07, 6.45) is -10.4. The molecule has 3 aliphatic carbocycles. The molecule has 322 valence electrons. The number of amides is 1. The zero-order valence-electron chi connectivity index (χ0n) is 34.3. The van der Waals surface area contributed by atoms with E-state index in [1.54, 1.807) is 85.8 Å². The van der Waals surface area contributed by atoms with Crippen LogP contribution in [-0.4, -0.2) is 105 Å². The van der Waals surface area contributed by atoms with Gasteiger partial charge in [0.2, 0.25) is 0 Å². The summed E-state index contributed by atoms with van der Waals surface area (Å²) in [6.45, 7) is 6.39. The molecule has 1 saturated heterocycles. The van der Waals surface area contributed by atoms with Gasteiger partial charge in [0.05, 0.1) is 35.6 Å². The molecule has 15 nitrogen and oxygen atoms in total. The maximum Gasteiger partial charge on any atom is 0.338 e. The van der Waals surface area contributed by atoms with Crippen molar-refractivity contribution in [2.75, 3.05) is 6.61 Å². The van der Waals surface area contributed by atoms with Gasteiger partial charge in [0, 0.05) is 38.2 Å². The molecule has 0 spiro atoms. The first-order valence-corrected chi connectivity index (χ1v) is 20.1. The van der Waals surface area contributed by atoms with Crippen molar-refractivity contribution < 1.29 is 67.8 Å². The van der Waals surface area contributed by atoms with Gasteiger partial charge in [0.25, 0.3) is 5.91 Å². The fourth-order valence-electron chi connectivity index (χ4n) is 9.84. The third kappa shape index (κ3) is 7.53. The number of aliphatic hydroxyl groups is 3. The first-order chi connectivity index (χ1) is 28.9. The van der Waals surface area contributed by atoms with Crippen molar-refractivity contribution in [1.82, 2.24) is 5.32 Å². The van der Waals surface area contributed by atoms with Gasteiger partial charge < -0.3 is 44.3 Å². The number of aliphatic hydroxyl groups excluding tert-OH is 2. The average molecular weight is 840 g/mol. The largest absolute Gasteiger partial charge is 0.456 e.